The molecular weight excluding hydrogens is 374 g/mol. The van der Waals surface area contributed by atoms with E-state index >= 15 is 0 Å². The largest absolute Gasteiger partial charge is 0.465 e. The highest BCUT2D eigenvalue weighted by atomic mass is 16.5. The molecule has 160 valence electrons. The third kappa shape index (κ3) is 4.97. The number of methoxy groups -OCH3 is 1. The smallest absolute Gasteiger partial charge is 0.407 e. The van der Waals surface area contributed by atoms with E-state index in [1.165, 1.54) is 6.20 Å². The second kappa shape index (κ2) is 9.41. The first kappa shape index (κ1) is 21.3. The van der Waals surface area contributed by atoms with E-state index in [1.807, 2.05) is 6.07 Å². The Morgan fingerprint density at radius 1 is 1.28 bits per heavy atom. The SMILES string of the molecule is COCC(C)N1CCN(C(=O)O)C(C2CCN(c3ccc(C(N)=O)cn3)CC2)C1. The van der Waals surface area contributed by atoms with Crippen molar-refractivity contribution in [3.8, 4) is 0 Å². The Hall–Kier alpha value is -2.39. The summed E-state index contributed by atoms with van der Waals surface area (Å²) in [7, 11) is 1.70. The number of hydrogen-bond donors (Lipinski definition) is 2. The van der Waals surface area contributed by atoms with E-state index in [4.69, 9.17) is 10.5 Å². The number of nitrogens with zero attached hydrogens (tertiary/aromatic N) is 4. The van der Waals surface area contributed by atoms with Crippen molar-refractivity contribution in [3.63, 3.8) is 0 Å². The summed E-state index contributed by atoms with van der Waals surface area (Å²) in [6.45, 7) is 6.41. The van der Waals surface area contributed by atoms with Crippen molar-refractivity contribution >= 4 is 17.8 Å². The van der Waals surface area contributed by atoms with Crippen molar-refractivity contribution in [1.29, 1.82) is 0 Å². The summed E-state index contributed by atoms with van der Waals surface area (Å²) >= 11 is 0. The highest BCUT2D eigenvalue weighted by Gasteiger charge is 2.38. The van der Waals surface area contributed by atoms with Crippen molar-refractivity contribution in [2.24, 2.45) is 11.7 Å². The summed E-state index contributed by atoms with van der Waals surface area (Å²) in [5.74, 6) is 0.647. The maximum Gasteiger partial charge on any atom is 0.407 e. The van der Waals surface area contributed by atoms with Crippen molar-refractivity contribution in [1.82, 2.24) is 14.8 Å². The van der Waals surface area contributed by atoms with E-state index in [2.05, 4.69) is 21.7 Å². The maximum absolute atomic E-state index is 11.8. The van der Waals surface area contributed by atoms with Gasteiger partial charge in [0.15, 0.2) is 0 Å². The van der Waals surface area contributed by atoms with Crippen LogP contribution in [-0.4, -0.2) is 90.4 Å². The van der Waals surface area contributed by atoms with Gasteiger partial charge in [0.25, 0.3) is 0 Å². The topological polar surface area (TPSA) is 112 Å². The van der Waals surface area contributed by atoms with Crippen LogP contribution in [0.4, 0.5) is 10.6 Å². The summed E-state index contributed by atoms with van der Waals surface area (Å²) in [4.78, 5) is 33.5. The minimum Gasteiger partial charge on any atom is -0.465 e. The molecule has 1 aromatic rings. The lowest BCUT2D eigenvalue weighted by Gasteiger charge is -2.47. The summed E-state index contributed by atoms with van der Waals surface area (Å²) < 4.78 is 5.28. The highest BCUT2D eigenvalue weighted by Crippen LogP contribution is 2.29. The lowest BCUT2D eigenvalue weighted by atomic mass is 9.86. The van der Waals surface area contributed by atoms with Gasteiger partial charge in [-0.1, -0.05) is 0 Å². The van der Waals surface area contributed by atoms with E-state index < -0.39 is 12.0 Å². The number of hydrogen-bond acceptors (Lipinski definition) is 6. The van der Waals surface area contributed by atoms with Crippen LogP contribution >= 0.6 is 0 Å². The number of piperidine rings is 1. The Balaban J connectivity index is 1.63. The van der Waals surface area contributed by atoms with Gasteiger partial charge in [0.05, 0.1) is 18.2 Å². The number of ether oxygens (including phenoxy) is 1. The molecular formula is C20H31N5O4. The molecule has 0 spiro atoms. The zero-order valence-corrected chi connectivity index (χ0v) is 17.2. The quantitative estimate of drug-likeness (QED) is 0.729. The van der Waals surface area contributed by atoms with E-state index in [9.17, 15) is 14.7 Å². The zero-order valence-electron chi connectivity index (χ0n) is 17.2. The van der Waals surface area contributed by atoms with Crippen LogP contribution in [0.1, 0.15) is 30.1 Å². The molecule has 0 radical (unpaired) electrons. The number of primary amides is 1. The molecule has 2 fully saturated rings. The Kier molecular flexibility index (Phi) is 6.92. The molecule has 2 amide bonds. The number of amides is 2. The van der Waals surface area contributed by atoms with Gasteiger partial charge >= 0.3 is 6.09 Å². The van der Waals surface area contributed by atoms with Gasteiger partial charge < -0.3 is 25.4 Å². The van der Waals surface area contributed by atoms with Gasteiger partial charge in [0.1, 0.15) is 5.82 Å². The average molecular weight is 405 g/mol. The van der Waals surface area contributed by atoms with Gasteiger partial charge in [0, 0.05) is 52.1 Å². The van der Waals surface area contributed by atoms with Gasteiger partial charge in [0.2, 0.25) is 5.91 Å². The molecule has 3 N–H and O–H groups in total. The molecule has 9 heteroatoms. The predicted molar refractivity (Wildman–Crippen MR) is 109 cm³/mol. The van der Waals surface area contributed by atoms with Crippen molar-refractivity contribution in [2.45, 2.75) is 31.8 Å². The van der Waals surface area contributed by atoms with Crippen LogP contribution in [0.2, 0.25) is 0 Å². The van der Waals surface area contributed by atoms with E-state index in [-0.39, 0.29) is 12.1 Å². The van der Waals surface area contributed by atoms with Crippen molar-refractivity contribution in [2.75, 3.05) is 51.3 Å². The Morgan fingerprint density at radius 2 is 2.00 bits per heavy atom. The van der Waals surface area contributed by atoms with Crippen molar-refractivity contribution in [3.05, 3.63) is 23.9 Å². The summed E-state index contributed by atoms with van der Waals surface area (Å²) in [6, 6.07) is 3.78. The van der Waals surface area contributed by atoms with Crippen LogP contribution in [0.3, 0.4) is 0 Å². The average Bonchev–Trinajstić information content (AvgIpc) is 2.73. The molecule has 2 atom stereocenters. The molecule has 2 aliphatic rings. The third-order valence-corrected chi connectivity index (χ3v) is 6.17. The summed E-state index contributed by atoms with van der Waals surface area (Å²) in [5, 5.41) is 9.69. The van der Waals surface area contributed by atoms with Crippen LogP contribution < -0.4 is 10.6 Å². The maximum atomic E-state index is 11.8. The predicted octanol–water partition coefficient (Wildman–Crippen LogP) is 1.10. The highest BCUT2D eigenvalue weighted by molar-refractivity contribution is 5.92. The molecule has 0 aliphatic carbocycles. The van der Waals surface area contributed by atoms with Crippen LogP contribution in [0.25, 0.3) is 0 Å². The number of anilines is 1. The van der Waals surface area contributed by atoms with Gasteiger partial charge in [-0.25, -0.2) is 9.78 Å². The fourth-order valence-electron chi connectivity index (χ4n) is 4.45. The third-order valence-electron chi connectivity index (χ3n) is 6.17. The monoisotopic (exact) mass is 405 g/mol. The van der Waals surface area contributed by atoms with Crippen LogP contribution in [0.5, 0.6) is 0 Å². The number of carbonyl (C=O) groups excluding carboxylic acids is 1. The molecule has 2 saturated heterocycles. The lowest BCUT2D eigenvalue weighted by Crippen LogP contribution is -2.60. The minimum absolute atomic E-state index is 0.00657. The molecule has 9 nitrogen and oxygen atoms in total. The van der Waals surface area contributed by atoms with Gasteiger partial charge in [-0.15, -0.1) is 0 Å². The molecule has 29 heavy (non-hydrogen) atoms. The van der Waals surface area contributed by atoms with Crippen LogP contribution in [-0.2, 0) is 4.74 Å². The minimum atomic E-state index is -0.833. The molecule has 1 aromatic heterocycles. The normalized spacial score (nSPS) is 22.5. The molecule has 0 saturated carbocycles. The Bertz CT molecular complexity index is 705. The van der Waals surface area contributed by atoms with Gasteiger partial charge in [-0.05, 0) is 37.8 Å². The van der Waals surface area contributed by atoms with E-state index in [0.29, 0.717) is 24.6 Å². The van der Waals surface area contributed by atoms with E-state index in [0.717, 1.165) is 44.8 Å². The fourth-order valence-corrected chi connectivity index (χ4v) is 4.45. The Labute approximate surface area is 171 Å². The second-order valence-corrected chi connectivity index (χ2v) is 7.94. The van der Waals surface area contributed by atoms with E-state index in [1.54, 1.807) is 18.1 Å². The van der Waals surface area contributed by atoms with Crippen LogP contribution in [0.15, 0.2) is 18.3 Å². The number of carbonyl (C=O) groups is 2. The number of nitrogens with two attached hydrogens (primary N) is 1. The second-order valence-electron chi connectivity index (χ2n) is 7.94. The number of aromatic nitrogens is 1. The lowest BCUT2D eigenvalue weighted by molar-refractivity contribution is 0.00652. The number of piperazine rings is 1. The first-order valence-corrected chi connectivity index (χ1v) is 10.1. The molecule has 2 aliphatic heterocycles. The Morgan fingerprint density at radius 3 is 2.55 bits per heavy atom. The first-order valence-electron chi connectivity index (χ1n) is 10.1. The molecule has 2 unspecified atom stereocenters. The number of rotatable bonds is 6. The summed E-state index contributed by atoms with van der Waals surface area (Å²) in [5.41, 5.74) is 5.67. The van der Waals surface area contributed by atoms with Gasteiger partial charge in [-0.2, -0.15) is 0 Å². The van der Waals surface area contributed by atoms with Gasteiger partial charge in [-0.3, -0.25) is 9.69 Å². The first-order chi connectivity index (χ1) is 13.9. The molecule has 0 aromatic carbocycles. The fraction of sp³-hybridized carbons (Fsp3) is 0.650. The summed E-state index contributed by atoms with van der Waals surface area (Å²) in [6.07, 6.45) is 2.48. The number of carboxylic acid groups (broad SMARTS) is 1. The number of pyridine rings is 1. The zero-order chi connectivity index (χ0) is 21.0. The molecule has 0 bridgehead atoms. The van der Waals surface area contributed by atoms with Crippen molar-refractivity contribution < 1.29 is 19.4 Å². The standard InChI is InChI=1S/C20H31N5O4/c1-14(13-29-2)24-9-10-25(20(27)28)17(12-24)15-5-7-23(8-6-15)18-4-3-16(11-22-18)19(21)26/h3-4,11,14-15,17H,5-10,12-13H2,1-2H3,(H2,21,26)(H,27,28). The molecule has 3 rings (SSSR count). The molecule has 3 heterocycles. The van der Waals surface area contributed by atoms with Crippen LogP contribution in [0, 0.1) is 5.92 Å².